The molecule has 0 unspecified atom stereocenters. The van der Waals surface area contributed by atoms with Gasteiger partial charge in [0.15, 0.2) is 0 Å². The first-order valence-corrected chi connectivity index (χ1v) is 6.90. The van der Waals surface area contributed by atoms with Crippen LogP contribution in [0.3, 0.4) is 0 Å². The summed E-state index contributed by atoms with van der Waals surface area (Å²) in [7, 11) is 3.96. The lowest BCUT2D eigenvalue weighted by Crippen LogP contribution is -2.27. The number of halogens is 1. The van der Waals surface area contributed by atoms with Gasteiger partial charge in [0.05, 0.1) is 6.54 Å². The van der Waals surface area contributed by atoms with Gasteiger partial charge in [0.1, 0.15) is 0 Å². The highest BCUT2D eigenvalue weighted by Crippen LogP contribution is 2.20. The van der Waals surface area contributed by atoms with Crippen LogP contribution in [0.25, 0.3) is 11.4 Å². The molecule has 5 nitrogen and oxygen atoms in total. The Bertz CT molecular complexity index is 529. The summed E-state index contributed by atoms with van der Waals surface area (Å²) in [5, 5.41) is 7.12. The van der Waals surface area contributed by atoms with Crippen molar-refractivity contribution < 1.29 is 4.52 Å². The number of rotatable bonds is 6. The molecule has 1 heterocycles. The molecular weight excluding hydrogens is 308 g/mol. The second-order valence-electron chi connectivity index (χ2n) is 4.36. The Hall–Kier alpha value is -1.24. The van der Waals surface area contributed by atoms with Crippen LogP contribution in [0.4, 0.5) is 0 Å². The molecule has 0 saturated carbocycles. The smallest absolute Gasteiger partial charge is 0.241 e. The highest BCUT2D eigenvalue weighted by molar-refractivity contribution is 9.10. The van der Waals surface area contributed by atoms with Crippen LogP contribution in [0.15, 0.2) is 33.3 Å². The van der Waals surface area contributed by atoms with Gasteiger partial charge in [-0.05, 0) is 26.2 Å². The largest absolute Gasteiger partial charge is 0.338 e. The van der Waals surface area contributed by atoms with Crippen molar-refractivity contribution >= 4 is 15.9 Å². The molecule has 0 fully saturated rings. The molecule has 0 bridgehead atoms. The van der Waals surface area contributed by atoms with E-state index in [-0.39, 0.29) is 0 Å². The van der Waals surface area contributed by atoms with Crippen molar-refractivity contribution in [2.24, 2.45) is 0 Å². The summed E-state index contributed by atoms with van der Waals surface area (Å²) in [6.07, 6.45) is 0. The van der Waals surface area contributed by atoms with E-state index in [0.29, 0.717) is 18.3 Å². The molecule has 1 N–H and O–H groups in total. The normalized spacial score (nSPS) is 11.2. The SMILES string of the molecule is CNCCN(C)Cc1nc(-c2cccc(Br)c2)no1. The second kappa shape index (κ2) is 6.79. The third-order valence-corrected chi connectivity index (χ3v) is 3.19. The first-order chi connectivity index (χ1) is 9.19. The van der Waals surface area contributed by atoms with E-state index < -0.39 is 0 Å². The van der Waals surface area contributed by atoms with Gasteiger partial charge in [-0.2, -0.15) is 4.98 Å². The lowest BCUT2D eigenvalue weighted by atomic mass is 10.2. The summed E-state index contributed by atoms with van der Waals surface area (Å²) in [6, 6.07) is 7.86. The fourth-order valence-electron chi connectivity index (χ4n) is 1.68. The Balaban J connectivity index is 2.03. The first kappa shape index (κ1) is 14.2. The van der Waals surface area contributed by atoms with Gasteiger partial charge in [-0.1, -0.05) is 33.2 Å². The number of benzene rings is 1. The highest BCUT2D eigenvalue weighted by atomic mass is 79.9. The molecule has 0 atom stereocenters. The van der Waals surface area contributed by atoms with Crippen LogP contribution in [0.5, 0.6) is 0 Å². The van der Waals surface area contributed by atoms with E-state index in [1.165, 1.54) is 0 Å². The Labute approximate surface area is 121 Å². The van der Waals surface area contributed by atoms with Crippen LogP contribution in [-0.4, -0.2) is 42.2 Å². The molecule has 102 valence electrons. The molecule has 19 heavy (non-hydrogen) atoms. The number of likely N-dealkylation sites (N-methyl/N-ethyl adjacent to an activating group) is 2. The second-order valence-corrected chi connectivity index (χ2v) is 5.28. The van der Waals surface area contributed by atoms with Crippen LogP contribution in [0.1, 0.15) is 5.89 Å². The predicted molar refractivity (Wildman–Crippen MR) is 77.7 cm³/mol. The third kappa shape index (κ3) is 4.12. The molecule has 0 spiro atoms. The van der Waals surface area contributed by atoms with Gasteiger partial charge < -0.3 is 9.84 Å². The zero-order valence-corrected chi connectivity index (χ0v) is 12.6. The minimum atomic E-state index is 0.623. The van der Waals surface area contributed by atoms with E-state index in [1.807, 2.05) is 38.4 Å². The minimum absolute atomic E-state index is 0.623. The van der Waals surface area contributed by atoms with Crippen LogP contribution < -0.4 is 5.32 Å². The predicted octanol–water partition coefficient (Wildman–Crippen LogP) is 2.15. The lowest BCUT2D eigenvalue weighted by molar-refractivity contribution is 0.268. The van der Waals surface area contributed by atoms with Crippen molar-refractivity contribution in [3.8, 4) is 11.4 Å². The molecule has 0 amide bonds. The topological polar surface area (TPSA) is 54.2 Å². The van der Waals surface area contributed by atoms with Crippen LogP contribution >= 0.6 is 15.9 Å². The van der Waals surface area contributed by atoms with Crippen LogP contribution in [0.2, 0.25) is 0 Å². The number of nitrogens with zero attached hydrogens (tertiary/aromatic N) is 3. The maximum Gasteiger partial charge on any atom is 0.241 e. The molecule has 0 aliphatic rings. The van der Waals surface area contributed by atoms with E-state index in [1.54, 1.807) is 0 Å². The van der Waals surface area contributed by atoms with Crippen molar-refractivity contribution in [3.05, 3.63) is 34.6 Å². The molecule has 0 saturated heterocycles. The van der Waals surface area contributed by atoms with Gasteiger partial charge in [0, 0.05) is 23.1 Å². The van der Waals surface area contributed by atoms with Crippen molar-refractivity contribution in [2.45, 2.75) is 6.54 Å². The number of hydrogen-bond acceptors (Lipinski definition) is 5. The third-order valence-electron chi connectivity index (χ3n) is 2.70. The molecule has 6 heteroatoms. The molecule has 2 aromatic rings. The summed E-state index contributed by atoms with van der Waals surface area (Å²) < 4.78 is 6.27. The Kier molecular flexibility index (Phi) is 5.07. The first-order valence-electron chi connectivity index (χ1n) is 6.10. The van der Waals surface area contributed by atoms with E-state index in [0.717, 1.165) is 23.1 Å². The standard InChI is InChI=1S/C13H17BrN4O/c1-15-6-7-18(2)9-12-16-13(17-19-12)10-4-3-5-11(14)8-10/h3-5,8,15H,6-7,9H2,1-2H3. The fourth-order valence-corrected chi connectivity index (χ4v) is 2.08. The maximum atomic E-state index is 5.27. The monoisotopic (exact) mass is 324 g/mol. The number of hydrogen-bond donors (Lipinski definition) is 1. The Morgan fingerprint density at radius 1 is 1.42 bits per heavy atom. The summed E-state index contributed by atoms with van der Waals surface area (Å²) >= 11 is 3.43. The quantitative estimate of drug-likeness (QED) is 0.882. The molecule has 2 rings (SSSR count). The summed E-state index contributed by atoms with van der Waals surface area (Å²) in [6.45, 7) is 2.52. The molecule has 1 aromatic carbocycles. The maximum absolute atomic E-state index is 5.27. The van der Waals surface area contributed by atoms with Crippen LogP contribution in [0, 0.1) is 0 Å². The van der Waals surface area contributed by atoms with Crippen molar-refractivity contribution in [1.82, 2.24) is 20.4 Å². The Morgan fingerprint density at radius 3 is 3.00 bits per heavy atom. The number of aromatic nitrogens is 2. The van der Waals surface area contributed by atoms with Crippen molar-refractivity contribution in [2.75, 3.05) is 27.2 Å². The van der Waals surface area contributed by atoms with E-state index in [2.05, 4.69) is 36.3 Å². The minimum Gasteiger partial charge on any atom is -0.338 e. The van der Waals surface area contributed by atoms with Gasteiger partial charge >= 0.3 is 0 Å². The van der Waals surface area contributed by atoms with Gasteiger partial charge in [-0.25, -0.2) is 0 Å². The zero-order valence-electron chi connectivity index (χ0n) is 11.1. The number of nitrogens with one attached hydrogen (secondary N) is 1. The van der Waals surface area contributed by atoms with Gasteiger partial charge in [-0.3, -0.25) is 4.90 Å². The summed E-state index contributed by atoms with van der Waals surface area (Å²) in [5.74, 6) is 1.26. The Morgan fingerprint density at radius 2 is 2.26 bits per heavy atom. The van der Waals surface area contributed by atoms with Crippen molar-refractivity contribution in [3.63, 3.8) is 0 Å². The molecular formula is C13H17BrN4O. The van der Waals surface area contributed by atoms with Gasteiger partial charge in [0.25, 0.3) is 0 Å². The van der Waals surface area contributed by atoms with Crippen molar-refractivity contribution in [1.29, 1.82) is 0 Å². The summed E-state index contributed by atoms with van der Waals surface area (Å²) in [5.41, 5.74) is 0.947. The summed E-state index contributed by atoms with van der Waals surface area (Å²) in [4.78, 5) is 6.54. The van der Waals surface area contributed by atoms with E-state index in [9.17, 15) is 0 Å². The fraction of sp³-hybridized carbons (Fsp3) is 0.385. The van der Waals surface area contributed by atoms with Gasteiger partial charge in [-0.15, -0.1) is 0 Å². The molecule has 0 aliphatic carbocycles. The average molecular weight is 325 g/mol. The highest BCUT2D eigenvalue weighted by Gasteiger charge is 2.10. The average Bonchev–Trinajstić information content (AvgIpc) is 2.85. The van der Waals surface area contributed by atoms with E-state index in [4.69, 9.17) is 4.52 Å². The molecule has 0 aliphatic heterocycles. The van der Waals surface area contributed by atoms with Gasteiger partial charge in [0.2, 0.25) is 11.7 Å². The molecule has 1 aromatic heterocycles. The van der Waals surface area contributed by atoms with Crippen LogP contribution in [-0.2, 0) is 6.54 Å². The van der Waals surface area contributed by atoms with E-state index >= 15 is 0 Å². The lowest BCUT2D eigenvalue weighted by Gasteiger charge is -2.12. The molecule has 0 radical (unpaired) electrons. The zero-order chi connectivity index (χ0) is 13.7.